The number of aliphatic hydroxyl groups excluding tert-OH is 1. The molecule has 0 spiro atoms. The molecule has 1 atom stereocenters. The lowest BCUT2D eigenvalue weighted by Gasteiger charge is -2.22. The van der Waals surface area contributed by atoms with Crippen LogP contribution in [0.3, 0.4) is 0 Å². The van der Waals surface area contributed by atoms with Crippen LogP contribution in [-0.4, -0.2) is 37.3 Å². The fraction of sp³-hybridized carbons (Fsp3) is 0.500. The summed E-state index contributed by atoms with van der Waals surface area (Å²) in [5, 5.41) is 9.25. The molecule has 84 valence electrons. The third-order valence-corrected chi connectivity index (χ3v) is 2.37. The summed E-state index contributed by atoms with van der Waals surface area (Å²) >= 11 is 0. The highest BCUT2D eigenvalue weighted by Crippen LogP contribution is 2.20. The minimum atomic E-state index is 0.0562. The first kappa shape index (κ1) is 12.0. The van der Waals surface area contributed by atoms with Crippen LogP contribution in [0.15, 0.2) is 24.3 Å². The van der Waals surface area contributed by atoms with Gasteiger partial charge in [0.25, 0.3) is 0 Å². The van der Waals surface area contributed by atoms with E-state index in [1.807, 2.05) is 50.2 Å². The molecule has 0 aliphatic heterocycles. The maximum Gasteiger partial charge on any atom is 0.119 e. The van der Waals surface area contributed by atoms with Crippen molar-refractivity contribution in [1.82, 2.24) is 4.90 Å². The predicted molar refractivity (Wildman–Crippen MR) is 61.1 cm³/mol. The fourth-order valence-corrected chi connectivity index (χ4v) is 1.52. The summed E-state index contributed by atoms with van der Waals surface area (Å²) in [5.41, 5.74) is 1.10. The molecule has 0 heterocycles. The second kappa shape index (κ2) is 5.73. The van der Waals surface area contributed by atoms with Crippen molar-refractivity contribution in [2.75, 3.05) is 27.3 Å². The Balaban J connectivity index is 2.77. The Morgan fingerprint density at radius 1 is 1.27 bits per heavy atom. The van der Waals surface area contributed by atoms with E-state index in [1.165, 1.54) is 0 Å². The number of aliphatic hydroxyl groups is 1. The third kappa shape index (κ3) is 3.22. The summed E-state index contributed by atoms with van der Waals surface area (Å²) in [5.74, 6) is 0.872. The van der Waals surface area contributed by atoms with E-state index in [-0.39, 0.29) is 12.6 Å². The lowest BCUT2D eigenvalue weighted by Crippen LogP contribution is -2.22. The molecule has 0 saturated heterocycles. The van der Waals surface area contributed by atoms with Crippen molar-refractivity contribution >= 4 is 0 Å². The van der Waals surface area contributed by atoms with Gasteiger partial charge in [0.05, 0.1) is 19.3 Å². The molecule has 3 nitrogen and oxygen atoms in total. The number of hydrogen-bond donors (Lipinski definition) is 1. The molecule has 1 N–H and O–H groups in total. The molecule has 0 amide bonds. The van der Waals surface area contributed by atoms with E-state index in [1.54, 1.807) is 0 Å². The second-order valence-corrected chi connectivity index (χ2v) is 3.66. The van der Waals surface area contributed by atoms with Gasteiger partial charge in [-0.3, -0.25) is 0 Å². The van der Waals surface area contributed by atoms with Crippen LogP contribution in [0.25, 0.3) is 0 Å². The first-order valence-electron chi connectivity index (χ1n) is 5.19. The molecule has 1 aromatic carbocycles. The lowest BCUT2D eigenvalue weighted by molar-refractivity contribution is 0.170. The van der Waals surface area contributed by atoms with Crippen LogP contribution < -0.4 is 4.74 Å². The molecular formula is C12H19NO2. The highest BCUT2D eigenvalue weighted by Gasteiger charge is 2.12. The summed E-state index contributed by atoms with van der Waals surface area (Å²) in [6.07, 6.45) is 0. The number of rotatable bonds is 5. The van der Waals surface area contributed by atoms with Crippen molar-refractivity contribution in [2.24, 2.45) is 0 Å². The van der Waals surface area contributed by atoms with Gasteiger partial charge in [-0.1, -0.05) is 12.1 Å². The molecule has 15 heavy (non-hydrogen) atoms. The van der Waals surface area contributed by atoms with Crippen LogP contribution in [0.2, 0.25) is 0 Å². The van der Waals surface area contributed by atoms with E-state index in [4.69, 9.17) is 4.74 Å². The van der Waals surface area contributed by atoms with Crippen molar-refractivity contribution in [2.45, 2.75) is 13.0 Å². The Bertz CT molecular complexity index is 282. The Labute approximate surface area is 91.3 Å². The minimum absolute atomic E-state index is 0.0562. The number of likely N-dealkylation sites (N-methyl/N-ethyl adjacent to an activating group) is 1. The smallest absolute Gasteiger partial charge is 0.119 e. The molecule has 0 bridgehead atoms. The zero-order chi connectivity index (χ0) is 11.3. The Morgan fingerprint density at radius 3 is 2.27 bits per heavy atom. The average Bonchev–Trinajstić information content (AvgIpc) is 2.21. The highest BCUT2D eigenvalue weighted by atomic mass is 16.5. The Morgan fingerprint density at radius 2 is 1.87 bits per heavy atom. The number of benzene rings is 1. The quantitative estimate of drug-likeness (QED) is 0.801. The van der Waals surface area contributed by atoms with Gasteiger partial charge in [-0.15, -0.1) is 0 Å². The van der Waals surface area contributed by atoms with E-state index < -0.39 is 0 Å². The van der Waals surface area contributed by atoms with E-state index in [0.717, 1.165) is 11.3 Å². The molecule has 0 fully saturated rings. The van der Waals surface area contributed by atoms with Crippen molar-refractivity contribution in [3.05, 3.63) is 29.8 Å². The van der Waals surface area contributed by atoms with Crippen LogP contribution in [0.1, 0.15) is 18.5 Å². The van der Waals surface area contributed by atoms with Crippen molar-refractivity contribution in [3.8, 4) is 5.75 Å². The number of nitrogens with zero attached hydrogens (tertiary/aromatic N) is 1. The molecule has 0 radical (unpaired) electrons. The molecule has 0 unspecified atom stereocenters. The fourth-order valence-electron chi connectivity index (χ4n) is 1.52. The first-order chi connectivity index (χ1) is 7.19. The zero-order valence-electron chi connectivity index (χ0n) is 9.60. The van der Waals surface area contributed by atoms with Gasteiger partial charge >= 0.3 is 0 Å². The highest BCUT2D eigenvalue weighted by molar-refractivity contribution is 5.29. The minimum Gasteiger partial charge on any atom is -0.494 e. The SMILES string of the molecule is CCOc1ccc([C@@H](CO)N(C)C)cc1. The molecular weight excluding hydrogens is 190 g/mol. The predicted octanol–water partition coefficient (Wildman–Crippen LogP) is 1.68. The summed E-state index contributed by atoms with van der Waals surface area (Å²) in [4.78, 5) is 2.00. The standard InChI is InChI=1S/C12H19NO2/c1-4-15-11-7-5-10(6-8-11)12(9-14)13(2)3/h5-8,12,14H,4,9H2,1-3H3/t12-/m1/s1. The van der Waals surface area contributed by atoms with Gasteiger partial charge in [0.2, 0.25) is 0 Å². The van der Waals surface area contributed by atoms with Crippen molar-refractivity contribution in [3.63, 3.8) is 0 Å². The summed E-state index contributed by atoms with van der Waals surface area (Å²) < 4.78 is 5.36. The molecule has 0 saturated carbocycles. The van der Waals surface area contributed by atoms with Crippen LogP contribution in [-0.2, 0) is 0 Å². The van der Waals surface area contributed by atoms with Gasteiger partial charge in [-0.05, 0) is 38.7 Å². The van der Waals surface area contributed by atoms with E-state index in [2.05, 4.69) is 0 Å². The maximum atomic E-state index is 9.25. The maximum absolute atomic E-state index is 9.25. The summed E-state index contributed by atoms with van der Waals surface area (Å²) in [6, 6.07) is 7.91. The zero-order valence-corrected chi connectivity index (χ0v) is 9.60. The van der Waals surface area contributed by atoms with Gasteiger partial charge in [0.1, 0.15) is 5.75 Å². The van der Waals surface area contributed by atoms with Crippen molar-refractivity contribution < 1.29 is 9.84 Å². The molecule has 0 aliphatic rings. The van der Waals surface area contributed by atoms with Gasteiger partial charge in [0.15, 0.2) is 0 Å². The van der Waals surface area contributed by atoms with Gasteiger partial charge in [0, 0.05) is 0 Å². The number of ether oxygens (including phenoxy) is 1. The average molecular weight is 209 g/mol. The van der Waals surface area contributed by atoms with Gasteiger partial charge in [-0.2, -0.15) is 0 Å². The molecule has 3 heteroatoms. The van der Waals surface area contributed by atoms with E-state index in [0.29, 0.717) is 6.61 Å². The van der Waals surface area contributed by atoms with Crippen LogP contribution in [0.4, 0.5) is 0 Å². The first-order valence-corrected chi connectivity index (χ1v) is 5.19. The number of hydrogen-bond acceptors (Lipinski definition) is 3. The van der Waals surface area contributed by atoms with Gasteiger partial charge in [-0.25, -0.2) is 0 Å². The Hall–Kier alpha value is -1.06. The monoisotopic (exact) mass is 209 g/mol. The van der Waals surface area contributed by atoms with E-state index in [9.17, 15) is 5.11 Å². The normalized spacial score (nSPS) is 12.9. The van der Waals surface area contributed by atoms with Crippen LogP contribution >= 0.6 is 0 Å². The summed E-state index contributed by atoms with van der Waals surface area (Å²) in [7, 11) is 3.91. The van der Waals surface area contributed by atoms with Crippen molar-refractivity contribution in [1.29, 1.82) is 0 Å². The molecule has 1 rings (SSSR count). The molecule has 0 aromatic heterocycles. The van der Waals surface area contributed by atoms with Crippen LogP contribution in [0.5, 0.6) is 5.75 Å². The lowest BCUT2D eigenvalue weighted by atomic mass is 10.1. The van der Waals surface area contributed by atoms with Gasteiger partial charge < -0.3 is 14.7 Å². The largest absolute Gasteiger partial charge is 0.494 e. The summed E-state index contributed by atoms with van der Waals surface area (Å²) in [6.45, 7) is 2.77. The Kier molecular flexibility index (Phi) is 4.59. The topological polar surface area (TPSA) is 32.7 Å². The molecule has 0 aliphatic carbocycles. The van der Waals surface area contributed by atoms with Crippen LogP contribution in [0, 0.1) is 0 Å². The van der Waals surface area contributed by atoms with E-state index >= 15 is 0 Å². The molecule has 1 aromatic rings. The second-order valence-electron chi connectivity index (χ2n) is 3.66. The third-order valence-electron chi connectivity index (χ3n) is 2.37.